The quantitative estimate of drug-likeness (QED) is 0.112. The summed E-state index contributed by atoms with van der Waals surface area (Å²) in [6, 6.07) is 1.27. The van der Waals surface area contributed by atoms with Gasteiger partial charge in [-0.1, -0.05) is 26.0 Å². The average Bonchev–Trinajstić information content (AvgIpc) is 2.83. The molecule has 0 saturated carbocycles. The largest absolute Gasteiger partial charge is 0.508 e. The van der Waals surface area contributed by atoms with Crippen molar-refractivity contribution in [2.45, 2.75) is 76.5 Å². The third-order valence-corrected chi connectivity index (χ3v) is 5.67. The predicted molar refractivity (Wildman–Crippen MR) is 139 cm³/mol. The number of nitrogens with two attached hydrogens (primary N) is 3. The van der Waals surface area contributed by atoms with Crippen molar-refractivity contribution in [1.82, 2.24) is 16.0 Å². The van der Waals surface area contributed by atoms with Gasteiger partial charge in [-0.15, -0.1) is 0 Å². The molecule has 0 bridgehead atoms. The van der Waals surface area contributed by atoms with E-state index in [4.69, 9.17) is 17.2 Å². The Balaban J connectivity index is 2.95. The van der Waals surface area contributed by atoms with E-state index in [1.54, 1.807) is 12.1 Å². The van der Waals surface area contributed by atoms with Crippen LogP contribution < -0.4 is 33.2 Å². The molecule has 0 aliphatic rings. The number of carbonyl (C=O) groups excluding carboxylic acids is 4. The van der Waals surface area contributed by atoms with Gasteiger partial charge in [0.15, 0.2) is 0 Å². The Morgan fingerprint density at radius 1 is 0.868 bits per heavy atom. The standard InChI is InChI=1S/C25H40N6O7/c1-14(2)11-19(23(35)29-18(25(37)38)5-3-4-10-26)31-24(36)20(13-21(28)33)30-22(34)17(27)12-15-6-8-16(32)9-7-15/h6-9,14,17-20,32H,3-5,10-13,26-27H2,1-2H3,(H2,28,33)(H,29,35)(H,30,34)(H,31,36)(H,37,38)/t17-,18-,19-,20+/m0/s1. The van der Waals surface area contributed by atoms with Crippen LogP contribution in [0, 0.1) is 5.92 Å². The predicted octanol–water partition coefficient (Wildman–Crippen LogP) is -1.15. The Kier molecular flexibility index (Phi) is 13.8. The van der Waals surface area contributed by atoms with E-state index in [1.807, 2.05) is 13.8 Å². The fourth-order valence-corrected chi connectivity index (χ4v) is 3.67. The number of phenols is 1. The van der Waals surface area contributed by atoms with Crippen LogP contribution in [0.15, 0.2) is 24.3 Å². The van der Waals surface area contributed by atoms with Gasteiger partial charge in [0.2, 0.25) is 23.6 Å². The third-order valence-electron chi connectivity index (χ3n) is 5.67. The van der Waals surface area contributed by atoms with Gasteiger partial charge >= 0.3 is 5.97 Å². The molecular formula is C25H40N6O7. The lowest BCUT2D eigenvalue weighted by Crippen LogP contribution is -2.58. The SMILES string of the molecule is CC(C)C[C@H](NC(=O)[C@@H](CC(N)=O)NC(=O)[C@@H](N)Cc1ccc(O)cc1)C(=O)N[C@@H](CCCCN)C(=O)O. The van der Waals surface area contributed by atoms with Crippen LogP contribution in [0.5, 0.6) is 5.75 Å². The molecule has 0 aromatic heterocycles. The van der Waals surface area contributed by atoms with Gasteiger partial charge in [-0.05, 0) is 62.3 Å². The van der Waals surface area contributed by atoms with Crippen molar-refractivity contribution in [1.29, 1.82) is 0 Å². The number of rotatable bonds is 17. The summed E-state index contributed by atoms with van der Waals surface area (Å²) in [6.45, 7) is 4.01. The molecule has 0 spiro atoms. The second-order valence-electron chi connectivity index (χ2n) is 9.58. The number of nitrogens with one attached hydrogen (secondary N) is 3. The van der Waals surface area contributed by atoms with Crippen molar-refractivity contribution in [2.24, 2.45) is 23.1 Å². The minimum atomic E-state index is -1.41. The minimum Gasteiger partial charge on any atom is -0.508 e. The van der Waals surface area contributed by atoms with Crippen molar-refractivity contribution >= 4 is 29.6 Å². The fraction of sp³-hybridized carbons (Fsp3) is 0.560. The van der Waals surface area contributed by atoms with Gasteiger partial charge in [0.05, 0.1) is 12.5 Å². The molecule has 0 fully saturated rings. The van der Waals surface area contributed by atoms with Gasteiger partial charge in [-0.25, -0.2) is 4.79 Å². The molecule has 13 heteroatoms. The van der Waals surface area contributed by atoms with Crippen molar-refractivity contribution < 1.29 is 34.2 Å². The van der Waals surface area contributed by atoms with Crippen LogP contribution in [-0.4, -0.2) is 70.5 Å². The van der Waals surface area contributed by atoms with Crippen LogP contribution in [0.2, 0.25) is 0 Å². The fourth-order valence-electron chi connectivity index (χ4n) is 3.67. The van der Waals surface area contributed by atoms with Crippen molar-refractivity contribution in [2.75, 3.05) is 6.54 Å². The molecule has 0 heterocycles. The maximum atomic E-state index is 13.0. The molecule has 0 aliphatic heterocycles. The summed E-state index contributed by atoms with van der Waals surface area (Å²) >= 11 is 0. The lowest BCUT2D eigenvalue weighted by Gasteiger charge is -2.25. The normalized spacial score (nSPS) is 14.1. The van der Waals surface area contributed by atoms with Crippen LogP contribution in [0.3, 0.4) is 0 Å². The molecule has 38 heavy (non-hydrogen) atoms. The second kappa shape index (κ2) is 16.2. The van der Waals surface area contributed by atoms with Crippen LogP contribution in [0.4, 0.5) is 0 Å². The topological polar surface area (TPSA) is 240 Å². The summed E-state index contributed by atoms with van der Waals surface area (Å²) in [5.74, 6) is -4.37. The van der Waals surface area contributed by atoms with E-state index >= 15 is 0 Å². The maximum Gasteiger partial charge on any atom is 0.326 e. The van der Waals surface area contributed by atoms with Gasteiger partial charge < -0.3 is 43.4 Å². The molecule has 1 aromatic rings. The Labute approximate surface area is 221 Å². The number of aliphatic carboxylic acids is 1. The van der Waals surface area contributed by atoms with E-state index in [9.17, 15) is 34.2 Å². The van der Waals surface area contributed by atoms with Gasteiger partial charge in [0.25, 0.3) is 0 Å². The number of primary amides is 1. The van der Waals surface area contributed by atoms with E-state index in [2.05, 4.69) is 16.0 Å². The number of carboxylic acid groups (broad SMARTS) is 1. The van der Waals surface area contributed by atoms with E-state index in [1.165, 1.54) is 12.1 Å². The summed E-state index contributed by atoms with van der Waals surface area (Å²) < 4.78 is 0. The third kappa shape index (κ3) is 12.0. The number of carbonyl (C=O) groups is 5. The number of hydrogen-bond acceptors (Lipinski definition) is 8. The molecule has 1 rings (SSSR count). The van der Waals surface area contributed by atoms with E-state index in [-0.39, 0.29) is 30.9 Å². The summed E-state index contributed by atoms with van der Waals surface area (Å²) in [4.78, 5) is 61.9. The number of phenolic OH excluding ortho intramolecular Hbond substituents is 1. The van der Waals surface area contributed by atoms with Crippen molar-refractivity contribution in [3.05, 3.63) is 29.8 Å². The number of carboxylic acids is 1. The zero-order chi connectivity index (χ0) is 28.8. The van der Waals surface area contributed by atoms with E-state index in [0.29, 0.717) is 24.9 Å². The summed E-state index contributed by atoms with van der Waals surface area (Å²) in [6.07, 6.45) is 0.970. The highest BCUT2D eigenvalue weighted by Crippen LogP contribution is 2.12. The molecular weight excluding hydrogens is 496 g/mol. The highest BCUT2D eigenvalue weighted by atomic mass is 16.4. The van der Waals surface area contributed by atoms with E-state index < -0.39 is 60.2 Å². The minimum absolute atomic E-state index is 0.0511. The Morgan fingerprint density at radius 3 is 1.95 bits per heavy atom. The van der Waals surface area contributed by atoms with Gasteiger partial charge in [0, 0.05) is 0 Å². The first-order valence-corrected chi connectivity index (χ1v) is 12.5. The van der Waals surface area contributed by atoms with Crippen molar-refractivity contribution in [3.63, 3.8) is 0 Å². The highest BCUT2D eigenvalue weighted by molar-refractivity contribution is 5.96. The molecule has 4 amide bonds. The van der Waals surface area contributed by atoms with Crippen LogP contribution in [0.25, 0.3) is 0 Å². The summed E-state index contributed by atoms with van der Waals surface area (Å²) in [5.41, 5.74) is 17.3. The first-order valence-electron chi connectivity index (χ1n) is 12.5. The van der Waals surface area contributed by atoms with Gasteiger partial charge in [0.1, 0.15) is 23.9 Å². The number of unbranched alkanes of at least 4 members (excludes halogenated alkanes) is 1. The second-order valence-corrected chi connectivity index (χ2v) is 9.58. The Morgan fingerprint density at radius 2 is 1.42 bits per heavy atom. The zero-order valence-corrected chi connectivity index (χ0v) is 21.8. The molecule has 0 radical (unpaired) electrons. The molecule has 212 valence electrons. The number of benzene rings is 1. The Hall–Kier alpha value is -3.71. The smallest absolute Gasteiger partial charge is 0.326 e. The van der Waals surface area contributed by atoms with Gasteiger partial charge in [-0.2, -0.15) is 0 Å². The summed E-state index contributed by atoms with van der Waals surface area (Å²) in [7, 11) is 0. The monoisotopic (exact) mass is 536 g/mol. The first kappa shape index (κ1) is 32.3. The molecule has 4 atom stereocenters. The zero-order valence-electron chi connectivity index (χ0n) is 21.8. The number of aromatic hydroxyl groups is 1. The molecule has 11 N–H and O–H groups in total. The van der Waals surface area contributed by atoms with Gasteiger partial charge in [-0.3, -0.25) is 19.2 Å². The highest BCUT2D eigenvalue weighted by Gasteiger charge is 2.31. The van der Waals surface area contributed by atoms with Crippen LogP contribution in [-0.2, 0) is 30.4 Å². The molecule has 0 aliphatic carbocycles. The number of amides is 4. The molecule has 0 saturated heterocycles. The van der Waals surface area contributed by atoms with Crippen LogP contribution in [0.1, 0.15) is 51.5 Å². The first-order chi connectivity index (χ1) is 17.8. The average molecular weight is 537 g/mol. The summed E-state index contributed by atoms with van der Waals surface area (Å²) in [5, 5.41) is 26.2. The molecule has 1 aromatic carbocycles. The number of hydrogen-bond donors (Lipinski definition) is 8. The Bertz CT molecular complexity index is 954. The van der Waals surface area contributed by atoms with Crippen molar-refractivity contribution in [3.8, 4) is 5.75 Å². The maximum absolute atomic E-state index is 13.0. The molecule has 13 nitrogen and oxygen atoms in total. The molecule has 0 unspecified atom stereocenters. The van der Waals surface area contributed by atoms with Crippen LogP contribution >= 0.6 is 0 Å². The lowest BCUT2D eigenvalue weighted by molar-refractivity contribution is -0.142. The van der Waals surface area contributed by atoms with E-state index in [0.717, 1.165) is 0 Å². The lowest BCUT2D eigenvalue weighted by atomic mass is 10.0.